The van der Waals surface area contributed by atoms with E-state index in [0.717, 1.165) is 0 Å². The van der Waals surface area contributed by atoms with Crippen molar-refractivity contribution in [1.82, 2.24) is 0 Å². The second-order valence-electron chi connectivity index (χ2n) is 0.596. The minimum absolute atomic E-state index is 0. The molecule has 0 saturated heterocycles. The second-order valence-corrected chi connectivity index (χ2v) is 1.79. The summed E-state index contributed by atoms with van der Waals surface area (Å²) < 4.78 is 12.5. The van der Waals surface area contributed by atoms with Crippen molar-refractivity contribution in [3.05, 3.63) is 0 Å². The molecule has 9 heteroatoms. The van der Waals surface area contributed by atoms with E-state index in [-0.39, 0.29) is 77.7 Å². The Morgan fingerprint density at radius 1 is 1.33 bits per heavy atom. The van der Waals surface area contributed by atoms with Crippen LogP contribution in [0.5, 0.6) is 0 Å². The van der Waals surface area contributed by atoms with Crippen LogP contribution in [0, 0.1) is 0 Å². The molecule has 0 amide bonds. The summed E-state index contributed by atoms with van der Waals surface area (Å²) in [4.78, 5) is 15.2. The normalized spacial score (nSPS) is 7.78. The summed E-state index contributed by atoms with van der Waals surface area (Å²) in [6, 6.07) is 0. The zero-order valence-corrected chi connectivity index (χ0v) is 9.99. The van der Waals surface area contributed by atoms with E-state index in [2.05, 4.69) is 12.5 Å². The van der Waals surface area contributed by atoms with Crippen molar-refractivity contribution >= 4 is 85.0 Å². The van der Waals surface area contributed by atoms with Gasteiger partial charge in [0.25, 0.3) is 8.05 Å². The SMILES string of the molecule is [B]OP(=O)(O)O.[H-].[H-].[H-].[H-].[H-].[H-].[Mg+2].[Mg+2].[Mg+2]. The van der Waals surface area contributed by atoms with Gasteiger partial charge in [0.15, 0.2) is 0 Å². The first-order chi connectivity index (χ1) is 2.56. The van der Waals surface area contributed by atoms with E-state index in [9.17, 15) is 4.57 Å². The first kappa shape index (κ1) is 22.5. The quantitative estimate of drug-likeness (QED) is 0.395. The average Bonchev–Trinajstić information content (AvgIpc) is 1.35. The molecule has 46 valence electrons. The molecule has 0 spiro atoms. The van der Waals surface area contributed by atoms with Crippen molar-refractivity contribution in [3.63, 3.8) is 0 Å². The molecule has 0 atom stereocenters. The molecule has 0 aromatic heterocycles. The Morgan fingerprint density at radius 3 is 1.44 bits per heavy atom. The molecule has 2 N–H and O–H groups in total. The summed E-state index contributed by atoms with van der Waals surface area (Å²) >= 11 is 0. The Bertz CT molecular complexity index is 94.4. The molecular weight excluding hydrogens is 179 g/mol. The van der Waals surface area contributed by atoms with E-state index in [4.69, 9.17) is 9.79 Å². The van der Waals surface area contributed by atoms with Crippen LogP contribution in [0.2, 0.25) is 0 Å². The summed E-state index contributed by atoms with van der Waals surface area (Å²) in [5, 5.41) is 0. The molecular formula is H8BMg3O4P. The molecule has 0 aromatic rings. The van der Waals surface area contributed by atoms with Gasteiger partial charge in [-0.25, -0.2) is 4.57 Å². The maximum atomic E-state index is 9.35. The molecule has 0 heterocycles. The van der Waals surface area contributed by atoms with Crippen LogP contribution in [-0.4, -0.2) is 87.0 Å². The van der Waals surface area contributed by atoms with Crippen molar-refractivity contribution in [2.75, 3.05) is 0 Å². The number of phosphoric acid groups is 1. The third-order valence-corrected chi connectivity index (χ3v) is 0.412. The van der Waals surface area contributed by atoms with Gasteiger partial charge in [-0.2, -0.15) is 0 Å². The van der Waals surface area contributed by atoms with Crippen LogP contribution in [0.3, 0.4) is 0 Å². The first-order valence-corrected chi connectivity index (χ1v) is 2.53. The zero-order chi connectivity index (χ0) is 5.21. The van der Waals surface area contributed by atoms with E-state index in [1.807, 2.05) is 0 Å². The van der Waals surface area contributed by atoms with Gasteiger partial charge in [0.2, 0.25) is 0 Å². The second kappa shape index (κ2) is 10.5. The molecule has 0 saturated carbocycles. The summed E-state index contributed by atoms with van der Waals surface area (Å²) in [5.41, 5.74) is 0. The first-order valence-electron chi connectivity index (χ1n) is 1.00. The standard InChI is InChI=1S/BH2O4P.3Mg.6H/c1-5-6(2,3)4;;;;;;;;;/h(H2,2,3,4);;;;;;;;;/q;3*+2;6*-1. The number of hydrogen-bond acceptors (Lipinski definition) is 2. The van der Waals surface area contributed by atoms with Crippen LogP contribution in [0.1, 0.15) is 8.56 Å². The maximum Gasteiger partial charge on any atom is 2.00 e. The van der Waals surface area contributed by atoms with Gasteiger partial charge in [-0.3, -0.25) is 0 Å². The van der Waals surface area contributed by atoms with Gasteiger partial charge in [-0.15, -0.1) is 0 Å². The Hall–Kier alpha value is 2.47. The zero-order valence-electron chi connectivity index (χ0n) is 10.9. The van der Waals surface area contributed by atoms with E-state index in [1.165, 1.54) is 0 Å². The van der Waals surface area contributed by atoms with Crippen LogP contribution < -0.4 is 0 Å². The molecule has 4 nitrogen and oxygen atoms in total. The van der Waals surface area contributed by atoms with Crippen molar-refractivity contribution in [2.45, 2.75) is 0 Å². The number of rotatable bonds is 1. The molecule has 2 radical (unpaired) electrons. The van der Waals surface area contributed by atoms with Crippen LogP contribution in [0.4, 0.5) is 0 Å². The molecule has 0 fully saturated rings. The van der Waals surface area contributed by atoms with Gasteiger partial charge in [-0.05, 0) is 0 Å². The van der Waals surface area contributed by atoms with Gasteiger partial charge in [-0.1, -0.05) is 0 Å². The molecule has 0 aliphatic heterocycles. The van der Waals surface area contributed by atoms with E-state index < -0.39 is 7.82 Å². The fourth-order valence-electron chi connectivity index (χ4n) is 0. The van der Waals surface area contributed by atoms with Gasteiger partial charge in [0.05, 0.1) is 0 Å². The molecule has 0 bridgehead atoms. The molecule has 0 unspecified atom stereocenters. The Labute approximate surface area is 112 Å². The third-order valence-electron chi connectivity index (χ3n) is 0.137. The monoisotopic (exact) mass is 186 g/mol. The Balaban J connectivity index is -0.00000000347. The van der Waals surface area contributed by atoms with Crippen LogP contribution in [0.15, 0.2) is 0 Å². The molecule has 0 aromatic carbocycles. The molecule has 9 heavy (non-hydrogen) atoms. The van der Waals surface area contributed by atoms with Crippen molar-refractivity contribution in [1.29, 1.82) is 0 Å². The topological polar surface area (TPSA) is 66.8 Å². The van der Waals surface area contributed by atoms with Crippen LogP contribution in [0.25, 0.3) is 0 Å². The van der Waals surface area contributed by atoms with Gasteiger partial charge < -0.3 is 22.8 Å². The van der Waals surface area contributed by atoms with Crippen molar-refractivity contribution in [3.8, 4) is 0 Å². The van der Waals surface area contributed by atoms with Crippen LogP contribution in [-0.2, 0) is 9.01 Å². The smallest absolute Gasteiger partial charge is 1.00 e. The maximum absolute atomic E-state index is 9.35. The van der Waals surface area contributed by atoms with E-state index in [1.54, 1.807) is 0 Å². The minimum Gasteiger partial charge on any atom is -1.00 e. The predicted molar refractivity (Wildman–Crippen MR) is 42.8 cm³/mol. The summed E-state index contributed by atoms with van der Waals surface area (Å²) in [6.07, 6.45) is 0. The van der Waals surface area contributed by atoms with Crippen LogP contribution >= 0.6 is 7.82 Å². The van der Waals surface area contributed by atoms with Crippen molar-refractivity contribution < 1.29 is 27.4 Å². The largest absolute Gasteiger partial charge is 2.00 e. The fourth-order valence-corrected chi connectivity index (χ4v) is 0. The average molecular weight is 187 g/mol. The van der Waals surface area contributed by atoms with Crippen molar-refractivity contribution in [2.24, 2.45) is 0 Å². The Morgan fingerprint density at radius 2 is 1.44 bits per heavy atom. The van der Waals surface area contributed by atoms with E-state index in [0.29, 0.717) is 0 Å². The molecule has 0 aliphatic carbocycles. The summed E-state index contributed by atoms with van der Waals surface area (Å²) in [6.45, 7) is 0. The van der Waals surface area contributed by atoms with Gasteiger partial charge >= 0.3 is 77.0 Å². The number of hydrogen-bond donors (Lipinski definition) is 2. The summed E-state index contributed by atoms with van der Waals surface area (Å²) in [7, 11) is -0.326. The minimum atomic E-state index is -4.37. The summed E-state index contributed by atoms with van der Waals surface area (Å²) in [5.74, 6) is 0. The predicted octanol–water partition coefficient (Wildman–Crippen LogP) is -1.29. The molecule has 0 aliphatic rings. The van der Waals surface area contributed by atoms with E-state index >= 15 is 0 Å². The Kier molecular flexibility index (Phi) is 26.2. The van der Waals surface area contributed by atoms with Gasteiger partial charge in [0, 0.05) is 0 Å². The fraction of sp³-hybridized carbons (Fsp3) is 0. The third kappa shape index (κ3) is 25.1. The van der Waals surface area contributed by atoms with Gasteiger partial charge in [0.1, 0.15) is 0 Å². The molecule has 0 rings (SSSR count).